The molecule has 2 aliphatic heterocycles. The standard InChI is InChI=1S/C102H65BN2O2/c1-7-29-66(30-8-1)77-41-19-21-43-79(77)73-53-56-90-92(62-73)104(100-81(68-33-11-3-12-34-68)47-27-48-82(100)69-35-13-4-14-36-69)94-64-76(75-60-87(102-89(61-75)86-46-24-26-52-97(86)107-102)72-55-58-98-88(59-72)85-45-23-25-51-96(85)106-98)65-95-99(94)103(90)91-57-54-74(80-44-22-20-42-78(80)67-31-9-2-10-32-67)63-93(91)105(95)101-83(70-37-15-5-16-38-70)49-28-50-84(101)71-39-17-6-18-40-71/h1-65H. The topological polar surface area (TPSA) is 32.8 Å². The van der Waals surface area contributed by atoms with Gasteiger partial charge in [-0.2, -0.15) is 0 Å². The Hall–Kier alpha value is -14.0. The van der Waals surface area contributed by atoms with Gasteiger partial charge in [-0.25, -0.2) is 0 Å². The summed E-state index contributed by atoms with van der Waals surface area (Å²) in [6.45, 7) is -0.288. The van der Waals surface area contributed by atoms with E-state index in [9.17, 15) is 0 Å². The highest BCUT2D eigenvalue weighted by Gasteiger charge is 2.46. The first-order valence-corrected chi connectivity index (χ1v) is 36.8. The Morgan fingerprint density at radius 3 is 0.935 bits per heavy atom. The molecule has 2 aromatic heterocycles. The van der Waals surface area contributed by atoms with Crippen LogP contribution in [0.25, 0.3) is 155 Å². The van der Waals surface area contributed by atoms with Gasteiger partial charge in [-0.3, -0.25) is 0 Å². The molecule has 0 bridgehead atoms. The number of nitrogens with zero attached hydrogens (tertiary/aromatic N) is 2. The van der Waals surface area contributed by atoms with Crippen molar-refractivity contribution in [3.05, 3.63) is 394 Å². The second-order valence-electron chi connectivity index (χ2n) is 28.1. The Kier molecular flexibility index (Phi) is 14.7. The van der Waals surface area contributed by atoms with Gasteiger partial charge in [0.25, 0.3) is 6.71 Å². The normalized spacial score (nSPS) is 12.2. The first kappa shape index (κ1) is 61.7. The molecular formula is C102H65BN2O2. The van der Waals surface area contributed by atoms with Gasteiger partial charge in [0.05, 0.1) is 11.4 Å². The predicted octanol–water partition coefficient (Wildman–Crippen LogP) is 26.2. The van der Waals surface area contributed by atoms with Crippen molar-refractivity contribution in [2.75, 3.05) is 9.80 Å². The molecule has 0 aliphatic carbocycles. The first-order chi connectivity index (χ1) is 53.1. The van der Waals surface area contributed by atoms with Crippen molar-refractivity contribution in [3.8, 4) is 111 Å². The van der Waals surface area contributed by atoms with Crippen LogP contribution in [-0.4, -0.2) is 6.71 Å². The maximum atomic E-state index is 7.15. The van der Waals surface area contributed by atoms with E-state index in [-0.39, 0.29) is 6.71 Å². The van der Waals surface area contributed by atoms with Crippen molar-refractivity contribution >= 4 is 101 Å². The van der Waals surface area contributed by atoms with Crippen molar-refractivity contribution in [2.45, 2.75) is 0 Å². The monoisotopic (exact) mass is 1360 g/mol. The molecule has 498 valence electrons. The van der Waals surface area contributed by atoms with Crippen LogP contribution < -0.4 is 26.2 Å². The number of hydrogen-bond acceptors (Lipinski definition) is 4. The zero-order valence-electron chi connectivity index (χ0n) is 58.3. The molecule has 0 spiro atoms. The molecule has 4 heterocycles. The van der Waals surface area contributed by atoms with E-state index in [0.29, 0.717) is 0 Å². The largest absolute Gasteiger partial charge is 0.456 e. The third-order valence-corrected chi connectivity index (χ3v) is 22.1. The molecule has 0 fully saturated rings. The molecule has 0 atom stereocenters. The molecule has 0 saturated carbocycles. The lowest BCUT2D eigenvalue weighted by Crippen LogP contribution is -2.61. The lowest BCUT2D eigenvalue weighted by molar-refractivity contribution is 0.668. The minimum absolute atomic E-state index is 0.288. The van der Waals surface area contributed by atoms with Crippen LogP contribution in [-0.2, 0) is 0 Å². The SMILES string of the molecule is c1ccc(-c2ccccc2-c2ccc3c(c2)N(c2c(-c4ccccc4)cccc2-c2ccccc2)c2cc(-c4cc(-c5ccc6oc7ccccc7c6c5)c5oc6ccccc6c5c4)cc4c2B3c2ccc(-c3ccccc3-c3ccccc3)cc2N4c2c(-c3ccccc3)cccc2-c2ccccc2)cc1. The minimum Gasteiger partial charge on any atom is -0.456 e. The third kappa shape index (κ3) is 10.3. The maximum absolute atomic E-state index is 7.15. The number of furan rings is 2. The van der Waals surface area contributed by atoms with E-state index in [0.717, 1.165) is 178 Å². The van der Waals surface area contributed by atoms with Gasteiger partial charge < -0.3 is 18.6 Å². The second-order valence-corrected chi connectivity index (χ2v) is 28.1. The van der Waals surface area contributed by atoms with Gasteiger partial charge in [0, 0.05) is 72.1 Å². The van der Waals surface area contributed by atoms with Crippen molar-refractivity contribution < 1.29 is 8.83 Å². The van der Waals surface area contributed by atoms with Crippen LogP contribution in [0, 0.1) is 0 Å². The highest BCUT2D eigenvalue weighted by Crippen LogP contribution is 2.55. The molecular weight excluding hydrogens is 1300 g/mol. The number of para-hydroxylation sites is 4. The van der Waals surface area contributed by atoms with Crippen molar-refractivity contribution in [1.82, 2.24) is 0 Å². The smallest absolute Gasteiger partial charge is 0.252 e. The van der Waals surface area contributed by atoms with Gasteiger partial charge in [0.15, 0.2) is 0 Å². The van der Waals surface area contributed by atoms with E-state index in [4.69, 9.17) is 8.83 Å². The number of benzene rings is 17. The molecule has 5 heteroatoms. The first-order valence-electron chi connectivity index (χ1n) is 36.8. The molecule has 21 rings (SSSR count). The van der Waals surface area contributed by atoms with E-state index in [1.54, 1.807) is 0 Å². The molecule has 107 heavy (non-hydrogen) atoms. The van der Waals surface area contributed by atoms with E-state index >= 15 is 0 Å². The molecule has 0 N–H and O–H groups in total. The summed E-state index contributed by atoms with van der Waals surface area (Å²) in [6, 6.07) is 145. The molecule has 17 aromatic carbocycles. The van der Waals surface area contributed by atoms with Crippen LogP contribution in [0.4, 0.5) is 34.1 Å². The Morgan fingerprint density at radius 1 is 0.187 bits per heavy atom. The predicted molar refractivity (Wildman–Crippen MR) is 449 cm³/mol. The zero-order valence-corrected chi connectivity index (χ0v) is 58.3. The van der Waals surface area contributed by atoms with Crippen LogP contribution in [0.3, 0.4) is 0 Å². The molecule has 19 aromatic rings. The number of anilines is 6. The zero-order chi connectivity index (χ0) is 70.5. The fourth-order valence-corrected chi connectivity index (χ4v) is 17.3. The molecule has 2 aliphatic rings. The summed E-state index contributed by atoms with van der Waals surface area (Å²) in [5, 5.41) is 4.20. The third-order valence-electron chi connectivity index (χ3n) is 22.1. The van der Waals surface area contributed by atoms with Gasteiger partial charge in [0.2, 0.25) is 0 Å². The van der Waals surface area contributed by atoms with Crippen LogP contribution >= 0.6 is 0 Å². The number of rotatable bonds is 12. The number of hydrogen-bond donors (Lipinski definition) is 0. The van der Waals surface area contributed by atoms with Gasteiger partial charge in [-0.05, 0) is 161 Å². The quantitative estimate of drug-likeness (QED) is 0.114. The number of fused-ring (bicyclic) bond motifs is 10. The lowest BCUT2D eigenvalue weighted by atomic mass is 9.33. The van der Waals surface area contributed by atoms with E-state index in [2.05, 4.69) is 398 Å². The summed E-state index contributed by atoms with van der Waals surface area (Å²) < 4.78 is 13.7. The van der Waals surface area contributed by atoms with Crippen molar-refractivity contribution in [2.24, 2.45) is 0 Å². The van der Waals surface area contributed by atoms with Crippen molar-refractivity contribution in [3.63, 3.8) is 0 Å². The van der Waals surface area contributed by atoms with Gasteiger partial charge in [-0.1, -0.05) is 334 Å². The fraction of sp³-hybridized carbons (Fsp3) is 0. The van der Waals surface area contributed by atoms with Gasteiger partial charge in [0.1, 0.15) is 22.3 Å². The van der Waals surface area contributed by atoms with E-state index in [1.165, 1.54) is 27.5 Å². The van der Waals surface area contributed by atoms with E-state index in [1.807, 2.05) is 6.07 Å². The summed E-state index contributed by atoms with van der Waals surface area (Å²) in [6.07, 6.45) is 0. The second kappa shape index (κ2) is 25.5. The Morgan fingerprint density at radius 2 is 0.495 bits per heavy atom. The molecule has 0 amide bonds. The van der Waals surface area contributed by atoms with E-state index < -0.39 is 0 Å². The average Bonchev–Trinajstić information content (AvgIpc) is 1.32. The maximum Gasteiger partial charge on any atom is 0.252 e. The van der Waals surface area contributed by atoms with Crippen LogP contribution in [0.2, 0.25) is 0 Å². The molecule has 0 unspecified atom stereocenters. The molecule has 0 radical (unpaired) electrons. The minimum atomic E-state index is -0.288. The summed E-state index contributed by atoms with van der Waals surface area (Å²) in [7, 11) is 0. The summed E-state index contributed by atoms with van der Waals surface area (Å²) >= 11 is 0. The van der Waals surface area contributed by atoms with Crippen LogP contribution in [0.5, 0.6) is 0 Å². The van der Waals surface area contributed by atoms with Gasteiger partial charge in [-0.15, -0.1) is 0 Å². The molecule has 0 saturated heterocycles. The van der Waals surface area contributed by atoms with Crippen LogP contribution in [0.15, 0.2) is 403 Å². The fourth-order valence-electron chi connectivity index (χ4n) is 17.3. The van der Waals surface area contributed by atoms with Gasteiger partial charge >= 0.3 is 0 Å². The lowest BCUT2D eigenvalue weighted by Gasteiger charge is -2.46. The Bertz CT molecular complexity index is 6290. The highest BCUT2D eigenvalue weighted by atomic mass is 16.3. The average molecular weight is 1360 g/mol. The van der Waals surface area contributed by atoms with Crippen LogP contribution in [0.1, 0.15) is 0 Å². The Labute approximate surface area is 621 Å². The van der Waals surface area contributed by atoms with Crippen molar-refractivity contribution in [1.29, 1.82) is 0 Å². The summed E-state index contributed by atoms with van der Waals surface area (Å²) in [5.41, 5.74) is 35.6. The highest BCUT2D eigenvalue weighted by molar-refractivity contribution is 7.00. The Balaban J connectivity index is 0.940. The molecule has 4 nitrogen and oxygen atoms in total. The summed E-state index contributed by atoms with van der Waals surface area (Å²) in [5.74, 6) is 0. The summed E-state index contributed by atoms with van der Waals surface area (Å²) in [4.78, 5) is 5.35.